The van der Waals surface area contributed by atoms with Gasteiger partial charge in [0.05, 0.1) is 29.4 Å². The number of carbonyl (C=O) groups excluding carboxylic acids is 1. The number of nitriles is 1. The Kier molecular flexibility index (Phi) is 6.86. The molecular formula is C24H28N4O4S. The van der Waals surface area contributed by atoms with Gasteiger partial charge in [0.1, 0.15) is 5.75 Å². The van der Waals surface area contributed by atoms with E-state index in [1.165, 1.54) is 24.3 Å². The number of nitrogens with zero attached hydrogens (tertiary/aromatic N) is 3. The lowest BCUT2D eigenvalue weighted by atomic mass is 10.0. The number of anilines is 1. The molecule has 0 aromatic heterocycles. The lowest BCUT2D eigenvalue weighted by Gasteiger charge is -2.22. The average Bonchev–Trinajstić information content (AvgIpc) is 3.38. The molecule has 2 saturated heterocycles. The third kappa shape index (κ3) is 5.46. The number of fused-ring (bicyclic) bond motifs is 1. The number of nitrogens with one attached hydrogen (secondary N) is 1. The Balaban J connectivity index is 1.21. The molecule has 1 N–H and O–H groups in total. The van der Waals surface area contributed by atoms with Crippen LogP contribution in [0.5, 0.6) is 5.75 Å². The Hall–Kier alpha value is -3.09. The number of likely N-dealkylation sites (tertiary alicyclic amines) is 2. The van der Waals surface area contributed by atoms with Crippen molar-refractivity contribution < 1.29 is 17.9 Å². The van der Waals surface area contributed by atoms with Crippen molar-refractivity contribution in [1.29, 1.82) is 5.26 Å². The number of carbonyl (C=O) groups is 1. The highest BCUT2D eigenvalue weighted by Crippen LogP contribution is 2.31. The first-order valence-electron chi connectivity index (χ1n) is 11.0. The van der Waals surface area contributed by atoms with Gasteiger partial charge in [-0.15, -0.1) is 0 Å². The summed E-state index contributed by atoms with van der Waals surface area (Å²) in [5, 5.41) is 11.8. The molecular weight excluding hydrogens is 440 g/mol. The molecule has 0 saturated carbocycles. The van der Waals surface area contributed by atoms with Gasteiger partial charge in [-0.1, -0.05) is 0 Å². The Bertz CT molecular complexity index is 1110. The van der Waals surface area contributed by atoms with Gasteiger partial charge in [-0.25, -0.2) is 13.2 Å². The molecule has 8 nitrogen and oxygen atoms in total. The van der Waals surface area contributed by atoms with Gasteiger partial charge in [0.25, 0.3) is 0 Å². The minimum atomic E-state index is -3.35. The second kappa shape index (κ2) is 9.81. The maximum Gasteiger partial charge on any atom is 0.321 e. The minimum Gasteiger partial charge on any atom is -0.497 e. The smallest absolute Gasteiger partial charge is 0.321 e. The summed E-state index contributed by atoms with van der Waals surface area (Å²) in [4.78, 5) is 17.1. The van der Waals surface area contributed by atoms with Crippen LogP contribution in [0.4, 0.5) is 10.5 Å². The maximum absolute atomic E-state index is 12.6. The Labute approximate surface area is 194 Å². The van der Waals surface area contributed by atoms with E-state index in [4.69, 9.17) is 10.00 Å². The van der Waals surface area contributed by atoms with Crippen molar-refractivity contribution in [3.05, 3.63) is 54.1 Å². The first-order valence-corrected chi connectivity index (χ1v) is 12.7. The summed E-state index contributed by atoms with van der Waals surface area (Å²) in [7, 11) is -1.75. The highest BCUT2D eigenvalue weighted by molar-refractivity contribution is 7.91. The molecule has 2 aliphatic heterocycles. The standard InChI is InChI=1S/C24H28N4O4S/c1-32-22-7-5-21(6-8-22)26-24(29)28-16-19-14-27(15-20(19)17-28)11-2-12-33(30,31)23-9-3-18(13-25)4-10-23/h3-10,19-20H,2,11-12,14-17H2,1H3,(H,26,29). The molecule has 4 rings (SSSR count). The van der Waals surface area contributed by atoms with Crippen LogP contribution < -0.4 is 10.1 Å². The van der Waals surface area contributed by atoms with E-state index in [1.54, 1.807) is 7.11 Å². The Morgan fingerprint density at radius 3 is 2.27 bits per heavy atom. The number of benzene rings is 2. The fourth-order valence-corrected chi connectivity index (χ4v) is 5.94. The van der Waals surface area contributed by atoms with Gasteiger partial charge in [-0.3, -0.25) is 0 Å². The molecule has 2 aromatic rings. The first kappa shape index (κ1) is 23.1. The second-order valence-corrected chi connectivity index (χ2v) is 10.8. The molecule has 2 aliphatic rings. The zero-order chi connectivity index (χ0) is 23.4. The van der Waals surface area contributed by atoms with Crippen molar-refractivity contribution in [1.82, 2.24) is 9.80 Å². The summed E-state index contributed by atoms with van der Waals surface area (Å²) in [6, 6.07) is 15.2. The molecule has 2 unspecified atom stereocenters. The summed E-state index contributed by atoms with van der Waals surface area (Å²) < 4.78 is 30.2. The predicted molar refractivity (Wildman–Crippen MR) is 125 cm³/mol. The number of hydrogen-bond donors (Lipinski definition) is 1. The number of urea groups is 1. The summed E-state index contributed by atoms with van der Waals surface area (Å²) in [6.45, 7) is 3.92. The topological polar surface area (TPSA) is 103 Å². The van der Waals surface area contributed by atoms with Crippen molar-refractivity contribution in [2.75, 3.05) is 50.9 Å². The lowest BCUT2D eigenvalue weighted by molar-refractivity contribution is 0.212. The highest BCUT2D eigenvalue weighted by atomic mass is 32.2. The van der Waals surface area contributed by atoms with Gasteiger partial charge in [0, 0.05) is 31.9 Å². The number of rotatable bonds is 7. The number of ether oxygens (including phenoxy) is 1. The summed E-state index contributed by atoms with van der Waals surface area (Å²) in [5.41, 5.74) is 1.19. The summed E-state index contributed by atoms with van der Waals surface area (Å²) >= 11 is 0. The van der Waals surface area contributed by atoms with Crippen molar-refractivity contribution in [3.63, 3.8) is 0 Å². The van der Waals surface area contributed by atoms with Crippen LogP contribution in [0.3, 0.4) is 0 Å². The molecule has 2 heterocycles. The SMILES string of the molecule is COc1ccc(NC(=O)N2CC3CN(CCCS(=O)(=O)c4ccc(C#N)cc4)CC3C2)cc1. The number of sulfone groups is 1. The van der Waals surface area contributed by atoms with Crippen LogP contribution in [0.15, 0.2) is 53.4 Å². The number of amides is 2. The molecule has 0 radical (unpaired) electrons. The Morgan fingerprint density at radius 1 is 1.06 bits per heavy atom. The molecule has 9 heteroatoms. The van der Waals surface area contributed by atoms with E-state index in [9.17, 15) is 13.2 Å². The largest absolute Gasteiger partial charge is 0.497 e. The van der Waals surface area contributed by atoms with Gasteiger partial charge < -0.3 is 19.9 Å². The third-order valence-corrected chi connectivity index (χ3v) is 8.24. The van der Waals surface area contributed by atoms with Crippen LogP contribution in [0.2, 0.25) is 0 Å². The summed E-state index contributed by atoms with van der Waals surface area (Å²) in [6.07, 6.45) is 0.559. The van der Waals surface area contributed by atoms with Crippen LogP contribution in [0.25, 0.3) is 0 Å². The zero-order valence-electron chi connectivity index (χ0n) is 18.6. The molecule has 2 aromatic carbocycles. The zero-order valence-corrected chi connectivity index (χ0v) is 19.4. The van der Waals surface area contributed by atoms with Crippen molar-refractivity contribution in [3.8, 4) is 11.8 Å². The van der Waals surface area contributed by atoms with Gasteiger partial charge in [0.15, 0.2) is 9.84 Å². The minimum absolute atomic E-state index is 0.0845. The van der Waals surface area contributed by atoms with Gasteiger partial charge in [-0.2, -0.15) is 5.26 Å². The van der Waals surface area contributed by atoms with Crippen molar-refractivity contribution in [2.45, 2.75) is 11.3 Å². The third-order valence-electron chi connectivity index (χ3n) is 6.42. The van der Waals surface area contributed by atoms with Gasteiger partial charge >= 0.3 is 6.03 Å². The number of hydrogen-bond acceptors (Lipinski definition) is 6. The second-order valence-electron chi connectivity index (χ2n) is 8.65. The molecule has 2 atom stereocenters. The van der Waals surface area contributed by atoms with Crippen LogP contribution in [0.1, 0.15) is 12.0 Å². The summed E-state index contributed by atoms with van der Waals surface area (Å²) in [5.74, 6) is 1.67. The van der Waals surface area contributed by atoms with E-state index in [-0.39, 0.29) is 16.7 Å². The monoisotopic (exact) mass is 468 g/mol. The molecule has 0 spiro atoms. The van der Waals surface area contributed by atoms with E-state index < -0.39 is 9.84 Å². The predicted octanol–water partition coefficient (Wildman–Crippen LogP) is 2.83. The van der Waals surface area contributed by atoms with Gasteiger partial charge in [-0.05, 0) is 73.3 Å². The normalized spacial score (nSPS) is 20.3. The Morgan fingerprint density at radius 2 is 1.70 bits per heavy atom. The first-order chi connectivity index (χ1) is 15.9. The fourth-order valence-electron chi connectivity index (χ4n) is 4.65. The average molecular weight is 469 g/mol. The molecule has 174 valence electrons. The molecule has 2 amide bonds. The van der Waals surface area contributed by atoms with Crippen molar-refractivity contribution in [2.24, 2.45) is 11.8 Å². The van der Waals surface area contributed by atoms with E-state index in [0.717, 1.165) is 31.1 Å². The molecule has 2 fully saturated rings. The van der Waals surface area contributed by atoms with Gasteiger partial charge in [0.2, 0.25) is 0 Å². The molecule has 33 heavy (non-hydrogen) atoms. The van der Waals surface area contributed by atoms with Crippen LogP contribution in [0, 0.1) is 23.2 Å². The molecule has 0 aliphatic carbocycles. The lowest BCUT2D eigenvalue weighted by Crippen LogP contribution is -2.36. The quantitative estimate of drug-likeness (QED) is 0.670. The maximum atomic E-state index is 12.6. The van der Waals surface area contributed by atoms with E-state index in [2.05, 4.69) is 10.2 Å². The highest BCUT2D eigenvalue weighted by Gasteiger charge is 2.41. The van der Waals surface area contributed by atoms with Crippen molar-refractivity contribution >= 4 is 21.6 Å². The van der Waals surface area contributed by atoms with Crippen LogP contribution in [-0.2, 0) is 9.84 Å². The number of methoxy groups -OCH3 is 1. The van der Waals surface area contributed by atoms with Crippen LogP contribution >= 0.6 is 0 Å². The molecule has 0 bridgehead atoms. The van der Waals surface area contributed by atoms with Crippen LogP contribution in [-0.4, -0.2) is 69.8 Å². The van der Waals surface area contributed by atoms with E-state index in [0.29, 0.717) is 36.9 Å². The van der Waals surface area contributed by atoms with E-state index in [1.807, 2.05) is 35.2 Å². The van der Waals surface area contributed by atoms with E-state index >= 15 is 0 Å². The fraction of sp³-hybridized carbons (Fsp3) is 0.417.